The molecule has 0 unspecified atom stereocenters. The van der Waals surface area contributed by atoms with E-state index in [4.69, 9.17) is 5.11 Å². The summed E-state index contributed by atoms with van der Waals surface area (Å²) in [6.45, 7) is 7.02. The summed E-state index contributed by atoms with van der Waals surface area (Å²) in [5, 5.41) is 12.4. The molecule has 0 amide bonds. The van der Waals surface area contributed by atoms with Crippen LogP contribution in [0.5, 0.6) is 5.75 Å². The number of hydrogen-bond donors (Lipinski definition) is 2. The van der Waals surface area contributed by atoms with Gasteiger partial charge in [0.05, 0.1) is 0 Å². The van der Waals surface area contributed by atoms with E-state index in [9.17, 15) is 4.39 Å². The zero-order chi connectivity index (χ0) is 12.2. The third-order valence-corrected chi connectivity index (χ3v) is 2.66. The van der Waals surface area contributed by atoms with Crippen molar-refractivity contribution in [2.24, 2.45) is 0 Å². The highest BCUT2D eigenvalue weighted by molar-refractivity contribution is 5.27. The summed E-state index contributed by atoms with van der Waals surface area (Å²) in [4.78, 5) is 0. The first kappa shape index (κ1) is 13.0. The van der Waals surface area contributed by atoms with Crippen molar-refractivity contribution < 1.29 is 9.50 Å². The molecule has 16 heavy (non-hydrogen) atoms. The highest BCUT2D eigenvalue weighted by Crippen LogP contribution is 2.17. The van der Waals surface area contributed by atoms with Gasteiger partial charge in [-0.1, -0.05) is 19.4 Å². The molecular formula is C13H20FNO. The van der Waals surface area contributed by atoms with E-state index in [0.717, 1.165) is 18.4 Å². The molecule has 0 aromatic heterocycles. The molecule has 0 spiro atoms. The first-order valence-corrected chi connectivity index (χ1v) is 5.67. The molecule has 0 radical (unpaired) electrons. The number of benzene rings is 1. The Labute approximate surface area is 96.5 Å². The minimum absolute atomic E-state index is 0.0586. The van der Waals surface area contributed by atoms with Crippen LogP contribution in [-0.4, -0.2) is 10.6 Å². The number of rotatable bonds is 5. The maximum atomic E-state index is 13.1. The number of hydrogen-bond acceptors (Lipinski definition) is 2. The first-order chi connectivity index (χ1) is 7.44. The average molecular weight is 225 g/mol. The SMILES string of the molecule is CCCC(C)(C)NCc1ccc(O)c(F)c1. The Morgan fingerprint density at radius 2 is 2.06 bits per heavy atom. The van der Waals surface area contributed by atoms with Crippen LogP contribution in [0.3, 0.4) is 0 Å². The van der Waals surface area contributed by atoms with Gasteiger partial charge in [0.2, 0.25) is 0 Å². The molecule has 0 saturated heterocycles. The Bertz CT molecular complexity index is 350. The van der Waals surface area contributed by atoms with E-state index >= 15 is 0 Å². The predicted molar refractivity (Wildman–Crippen MR) is 63.9 cm³/mol. The normalized spacial score (nSPS) is 11.8. The Kier molecular flexibility index (Phi) is 4.30. The van der Waals surface area contributed by atoms with Crippen LogP contribution in [0.4, 0.5) is 4.39 Å². The van der Waals surface area contributed by atoms with Gasteiger partial charge in [-0.05, 0) is 38.0 Å². The molecule has 0 aliphatic carbocycles. The Balaban J connectivity index is 2.57. The second-order valence-electron chi connectivity index (χ2n) is 4.77. The standard InChI is InChI=1S/C13H20FNO/c1-4-7-13(2,3)15-9-10-5-6-12(16)11(14)8-10/h5-6,8,15-16H,4,7,9H2,1-3H3. The summed E-state index contributed by atoms with van der Waals surface area (Å²) >= 11 is 0. The van der Waals surface area contributed by atoms with Crippen molar-refractivity contribution in [3.05, 3.63) is 29.6 Å². The number of phenolic OH excluding ortho intramolecular Hbond substituents is 1. The van der Waals surface area contributed by atoms with Crippen LogP contribution >= 0.6 is 0 Å². The lowest BCUT2D eigenvalue weighted by Crippen LogP contribution is -2.38. The minimum Gasteiger partial charge on any atom is -0.505 e. The largest absolute Gasteiger partial charge is 0.505 e. The molecule has 90 valence electrons. The molecule has 0 heterocycles. The molecule has 1 aromatic carbocycles. The number of aromatic hydroxyl groups is 1. The van der Waals surface area contributed by atoms with Crippen LogP contribution in [0, 0.1) is 5.82 Å². The lowest BCUT2D eigenvalue weighted by atomic mass is 9.98. The summed E-state index contributed by atoms with van der Waals surface area (Å²) in [5.74, 6) is -0.857. The van der Waals surface area contributed by atoms with E-state index in [1.54, 1.807) is 6.07 Å². The highest BCUT2D eigenvalue weighted by atomic mass is 19.1. The van der Waals surface area contributed by atoms with E-state index in [1.165, 1.54) is 12.1 Å². The minimum atomic E-state index is -0.562. The van der Waals surface area contributed by atoms with E-state index in [2.05, 4.69) is 26.1 Å². The van der Waals surface area contributed by atoms with E-state index in [-0.39, 0.29) is 11.3 Å². The van der Waals surface area contributed by atoms with Gasteiger partial charge in [0, 0.05) is 12.1 Å². The number of nitrogens with one attached hydrogen (secondary N) is 1. The Morgan fingerprint density at radius 1 is 1.38 bits per heavy atom. The topological polar surface area (TPSA) is 32.3 Å². The van der Waals surface area contributed by atoms with Crippen molar-refractivity contribution in [3.63, 3.8) is 0 Å². The van der Waals surface area contributed by atoms with Crippen molar-refractivity contribution in [1.29, 1.82) is 0 Å². The second kappa shape index (κ2) is 5.30. The van der Waals surface area contributed by atoms with Gasteiger partial charge in [-0.15, -0.1) is 0 Å². The third kappa shape index (κ3) is 3.81. The summed E-state index contributed by atoms with van der Waals surface area (Å²) in [5.41, 5.74) is 0.905. The smallest absolute Gasteiger partial charge is 0.165 e. The van der Waals surface area contributed by atoms with Gasteiger partial charge in [-0.2, -0.15) is 0 Å². The molecule has 0 atom stereocenters. The van der Waals surface area contributed by atoms with Gasteiger partial charge in [0.1, 0.15) is 0 Å². The fourth-order valence-electron chi connectivity index (χ4n) is 1.72. The van der Waals surface area contributed by atoms with Crippen LogP contribution in [0.15, 0.2) is 18.2 Å². The lowest BCUT2D eigenvalue weighted by Gasteiger charge is -2.26. The zero-order valence-electron chi connectivity index (χ0n) is 10.2. The molecule has 1 rings (SSSR count). The van der Waals surface area contributed by atoms with Gasteiger partial charge >= 0.3 is 0 Å². The highest BCUT2D eigenvalue weighted by Gasteiger charge is 2.15. The molecule has 0 saturated carbocycles. The average Bonchev–Trinajstić information content (AvgIpc) is 2.20. The maximum Gasteiger partial charge on any atom is 0.165 e. The maximum absolute atomic E-state index is 13.1. The molecule has 2 N–H and O–H groups in total. The molecule has 0 aliphatic heterocycles. The summed E-state index contributed by atoms with van der Waals surface area (Å²) in [7, 11) is 0. The van der Waals surface area contributed by atoms with E-state index in [0.29, 0.717) is 6.54 Å². The van der Waals surface area contributed by atoms with Gasteiger partial charge in [-0.3, -0.25) is 0 Å². The lowest BCUT2D eigenvalue weighted by molar-refractivity contribution is 0.356. The fourth-order valence-corrected chi connectivity index (χ4v) is 1.72. The molecule has 0 bridgehead atoms. The van der Waals surface area contributed by atoms with Gasteiger partial charge < -0.3 is 10.4 Å². The first-order valence-electron chi connectivity index (χ1n) is 5.67. The van der Waals surface area contributed by atoms with E-state index in [1.807, 2.05) is 0 Å². The number of phenols is 1. The van der Waals surface area contributed by atoms with Crippen molar-refractivity contribution in [1.82, 2.24) is 5.32 Å². The zero-order valence-corrected chi connectivity index (χ0v) is 10.2. The second-order valence-corrected chi connectivity index (χ2v) is 4.77. The van der Waals surface area contributed by atoms with E-state index < -0.39 is 5.82 Å². The van der Waals surface area contributed by atoms with Crippen LogP contribution < -0.4 is 5.32 Å². The van der Waals surface area contributed by atoms with Crippen LogP contribution in [-0.2, 0) is 6.54 Å². The third-order valence-electron chi connectivity index (χ3n) is 2.66. The van der Waals surface area contributed by atoms with Crippen LogP contribution in [0.2, 0.25) is 0 Å². The van der Waals surface area contributed by atoms with Crippen molar-refractivity contribution in [3.8, 4) is 5.75 Å². The van der Waals surface area contributed by atoms with Crippen molar-refractivity contribution in [2.75, 3.05) is 0 Å². The fraction of sp³-hybridized carbons (Fsp3) is 0.538. The Hall–Kier alpha value is -1.09. The predicted octanol–water partition coefficient (Wildman–Crippen LogP) is 3.20. The molecule has 2 nitrogen and oxygen atoms in total. The monoisotopic (exact) mass is 225 g/mol. The summed E-state index contributed by atoms with van der Waals surface area (Å²) < 4.78 is 13.1. The molecule has 0 fully saturated rings. The summed E-state index contributed by atoms with van der Waals surface area (Å²) in [6, 6.07) is 4.48. The molecule has 1 aromatic rings. The van der Waals surface area contributed by atoms with Gasteiger partial charge in [0.15, 0.2) is 11.6 Å². The van der Waals surface area contributed by atoms with Crippen LogP contribution in [0.1, 0.15) is 39.2 Å². The van der Waals surface area contributed by atoms with Gasteiger partial charge in [-0.25, -0.2) is 4.39 Å². The number of halogens is 1. The van der Waals surface area contributed by atoms with Gasteiger partial charge in [0.25, 0.3) is 0 Å². The quantitative estimate of drug-likeness (QED) is 0.806. The van der Waals surface area contributed by atoms with Crippen LogP contribution in [0.25, 0.3) is 0 Å². The molecule has 0 aliphatic rings. The van der Waals surface area contributed by atoms with Crippen molar-refractivity contribution in [2.45, 2.75) is 45.7 Å². The Morgan fingerprint density at radius 3 is 2.62 bits per heavy atom. The summed E-state index contributed by atoms with van der Waals surface area (Å²) in [6.07, 6.45) is 2.19. The molecule has 3 heteroatoms. The molecular weight excluding hydrogens is 205 g/mol. The van der Waals surface area contributed by atoms with Crippen molar-refractivity contribution >= 4 is 0 Å².